The van der Waals surface area contributed by atoms with E-state index in [-0.39, 0.29) is 18.4 Å². The summed E-state index contributed by atoms with van der Waals surface area (Å²) >= 11 is 0. The molecule has 0 aliphatic carbocycles. The number of aromatic nitrogens is 1. The maximum absolute atomic E-state index is 12.1. The third kappa shape index (κ3) is 3.64. The number of aliphatic hydroxyl groups is 1. The second-order valence-electron chi connectivity index (χ2n) is 5.98. The SMILES string of the molecule is CCC(C)C(C)(O)CNC(=O)Cc1c[nH]c2ccccc12. The van der Waals surface area contributed by atoms with Crippen LogP contribution in [0.15, 0.2) is 30.5 Å². The predicted octanol–water partition coefficient (Wildman–Crippen LogP) is 2.62. The van der Waals surface area contributed by atoms with Crippen LogP contribution in [0.4, 0.5) is 0 Å². The fraction of sp³-hybridized carbons (Fsp3) is 0.471. The number of rotatable bonds is 6. The van der Waals surface area contributed by atoms with E-state index in [1.807, 2.05) is 44.3 Å². The lowest BCUT2D eigenvalue weighted by molar-refractivity contribution is -0.122. The van der Waals surface area contributed by atoms with Crippen molar-refractivity contribution in [1.82, 2.24) is 10.3 Å². The number of benzene rings is 1. The molecule has 0 aliphatic rings. The van der Waals surface area contributed by atoms with E-state index in [0.717, 1.165) is 22.9 Å². The van der Waals surface area contributed by atoms with Crippen LogP contribution in [0.1, 0.15) is 32.8 Å². The van der Waals surface area contributed by atoms with Gasteiger partial charge in [0.15, 0.2) is 0 Å². The number of fused-ring (bicyclic) bond motifs is 1. The van der Waals surface area contributed by atoms with Gasteiger partial charge in [-0.05, 0) is 24.5 Å². The summed E-state index contributed by atoms with van der Waals surface area (Å²) < 4.78 is 0. The zero-order valence-electron chi connectivity index (χ0n) is 12.9. The highest BCUT2D eigenvalue weighted by Gasteiger charge is 2.27. The molecule has 0 fully saturated rings. The third-order valence-corrected chi connectivity index (χ3v) is 4.34. The Morgan fingerprint density at radius 3 is 2.86 bits per heavy atom. The van der Waals surface area contributed by atoms with Crippen LogP contribution in [0.25, 0.3) is 10.9 Å². The van der Waals surface area contributed by atoms with Crippen LogP contribution in [-0.2, 0) is 11.2 Å². The number of H-pyrrole nitrogens is 1. The molecule has 2 aromatic rings. The van der Waals surface area contributed by atoms with Crippen LogP contribution in [0.3, 0.4) is 0 Å². The molecule has 0 bridgehead atoms. The molecule has 2 rings (SSSR count). The van der Waals surface area contributed by atoms with Gasteiger partial charge >= 0.3 is 0 Å². The van der Waals surface area contributed by atoms with E-state index < -0.39 is 5.60 Å². The fourth-order valence-corrected chi connectivity index (χ4v) is 2.40. The summed E-state index contributed by atoms with van der Waals surface area (Å²) in [6.07, 6.45) is 3.07. The number of carbonyl (C=O) groups excluding carboxylic acids is 1. The largest absolute Gasteiger partial charge is 0.388 e. The number of aromatic amines is 1. The Morgan fingerprint density at radius 2 is 2.14 bits per heavy atom. The van der Waals surface area contributed by atoms with Crippen molar-refractivity contribution in [2.75, 3.05) is 6.54 Å². The second-order valence-corrected chi connectivity index (χ2v) is 5.98. The molecule has 1 amide bonds. The molecule has 4 heteroatoms. The van der Waals surface area contributed by atoms with Gasteiger partial charge in [0.05, 0.1) is 12.0 Å². The molecule has 114 valence electrons. The first-order valence-electron chi connectivity index (χ1n) is 7.48. The third-order valence-electron chi connectivity index (χ3n) is 4.34. The lowest BCUT2D eigenvalue weighted by Crippen LogP contribution is -2.45. The van der Waals surface area contributed by atoms with Gasteiger partial charge in [0, 0.05) is 23.6 Å². The molecule has 1 heterocycles. The molecule has 21 heavy (non-hydrogen) atoms. The Kier molecular flexibility index (Phi) is 4.68. The average Bonchev–Trinajstić information content (AvgIpc) is 2.88. The van der Waals surface area contributed by atoms with Crippen molar-refractivity contribution in [2.45, 2.75) is 39.2 Å². The summed E-state index contributed by atoms with van der Waals surface area (Å²) in [5.74, 6) is 0.0780. The molecule has 1 aromatic carbocycles. The molecule has 0 radical (unpaired) electrons. The van der Waals surface area contributed by atoms with Crippen LogP contribution in [0.2, 0.25) is 0 Å². The highest BCUT2D eigenvalue weighted by molar-refractivity contribution is 5.88. The number of nitrogens with one attached hydrogen (secondary N) is 2. The van der Waals surface area contributed by atoms with Crippen molar-refractivity contribution in [3.63, 3.8) is 0 Å². The number of hydrogen-bond donors (Lipinski definition) is 3. The van der Waals surface area contributed by atoms with Gasteiger partial charge in [-0.25, -0.2) is 0 Å². The van der Waals surface area contributed by atoms with Crippen molar-refractivity contribution in [3.05, 3.63) is 36.0 Å². The summed E-state index contributed by atoms with van der Waals surface area (Å²) in [4.78, 5) is 15.2. The van der Waals surface area contributed by atoms with Gasteiger partial charge in [-0.15, -0.1) is 0 Å². The van der Waals surface area contributed by atoms with E-state index in [4.69, 9.17) is 0 Å². The lowest BCUT2D eigenvalue weighted by Gasteiger charge is -2.29. The van der Waals surface area contributed by atoms with Gasteiger partial charge < -0.3 is 15.4 Å². The average molecular weight is 288 g/mol. The van der Waals surface area contributed by atoms with E-state index >= 15 is 0 Å². The molecular formula is C17H24N2O2. The van der Waals surface area contributed by atoms with Crippen LogP contribution in [0.5, 0.6) is 0 Å². The Morgan fingerprint density at radius 1 is 1.43 bits per heavy atom. The van der Waals surface area contributed by atoms with Crippen LogP contribution >= 0.6 is 0 Å². The van der Waals surface area contributed by atoms with E-state index in [0.29, 0.717) is 6.42 Å². The first-order valence-corrected chi connectivity index (χ1v) is 7.48. The van der Waals surface area contributed by atoms with Gasteiger partial charge in [0.25, 0.3) is 0 Å². The van der Waals surface area contributed by atoms with E-state index in [1.54, 1.807) is 6.92 Å². The molecule has 2 atom stereocenters. The molecule has 0 saturated carbocycles. The molecular weight excluding hydrogens is 264 g/mol. The standard InChI is InChI=1S/C17H24N2O2/c1-4-12(2)17(3,21)11-19-16(20)9-13-10-18-15-8-6-5-7-14(13)15/h5-8,10,12,18,21H,4,9,11H2,1-3H3,(H,19,20). The Balaban J connectivity index is 1.96. The molecule has 2 unspecified atom stereocenters. The number of para-hydroxylation sites is 1. The minimum Gasteiger partial charge on any atom is -0.388 e. The van der Waals surface area contributed by atoms with Gasteiger partial charge in [-0.3, -0.25) is 4.79 Å². The van der Waals surface area contributed by atoms with Crippen molar-refractivity contribution in [2.24, 2.45) is 5.92 Å². The van der Waals surface area contributed by atoms with Crippen LogP contribution < -0.4 is 5.32 Å². The molecule has 1 aromatic heterocycles. The summed E-state index contributed by atoms with van der Waals surface area (Å²) in [6, 6.07) is 7.92. The molecule has 0 saturated heterocycles. The lowest BCUT2D eigenvalue weighted by atomic mass is 9.88. The highest BCUT2D eigenvalue weighted by Crippen LogP contribution is 2.20. The first-order chi connectivity index (χ1) is 9.94. The summed E-state index contributed by atoms with van der Waals surface area (Å²) in [6.45, 7) is 6.08. The van der Waals surface area contributed by atoms with Gasteiger partial charge in [0.1, 0.15) is 0 Å². The Labute approximate surface area is 125 Å². The molecule has 0 spiro atoms. The van der Waals surface area contributed by atoms with Gasteiger partial charge in [-0.1, -0.05) is 38.5 Å². The number of amides is 1. The predicted molar refractivity (Wildman–Crippen MR) is 85.1 cm³/mol. The number of carbonyl (C=O) groups is 1. The van der Waals surface area contributed by atoms with Crippen molar-refractivity contribution >= 4 is 16.8 Å². The van der Waals surface area contributed by atoms with Crippen molar-refractivity contribution < 1.29 is 9.90 Å². The van der Waals surface area contributed by atoms with E-state index in [9.17, 15) is 9.90 Å². The normalized spacial score (nSPS) is 15.6. The Hall–Kier alpha value is -1.81. The smallest absolute Gasteiger partial charge is 0.224 e. The highest BCUT2D eigenvalue weighted by atomic mass is 16.3. The zero-order chi connectivity index (χ0) is 15.5. The molecule has 3 N–H and O–H groups in total. The monoisotopic (exact) mass is 288 g/mol. The maximum Gasteiger partial charge on any atom is 0.224 e. The van der Waals surface area contributed by atoms with Crippen molar-refractivity contribution in [1.29, 1.82) is 0 Å². The fourth-order valence-electron chi connectivity index (χ4n) is 2.40. The Bertz CT molecular complexity index is 616. The van der Waals surface area contributed by atoms with Gasteiger partial charge in [0.2, 0.25) is 5.91 Å². The molecule has 4 nitrogen and oxygen atoms in total. The number of hydrogen-bond acceptors (Lipinski definition) is 2. The zero-order valence-corrected chi connectivity index (χ0v) is 12.9. The van der Waals surface area contributed by atoms with E-state index in [1.165, 1.54) is 0 Å². The van der Waals surface area contributed by atoms with E-state index in [2.05, 4.69) is 10.3 Å². The summed E-state index contributed by atoms with van der Waals surface area (Å²) in [5, 5.41) is 14.2. The maximum atomic E-state index is 12.1. The van der Waals surface area contributed by atoms with Crippen LogP contribution in [0, 0.1) is 5.92 Å². The topological polar surface area (TPSA) is 65.1 Å². The second kappa shape index (κ2) is 6.31. The van der Waals surface area contributed by atoms with Crippen molar-refractivity contribution in [3.8, 4) is 0 Å². The minimum absolute atomic E-state index is 0.0664. The molecule has 0 aliphatic heterocycles. The summed E-state index contributed by atoms with van der Waals surface area (Å²) in [7, 11) is 0. The summed E-state index contributed by atoms with van der Waals surface area (Å²) in [5.41, 5.74) is 1.14. The van der Waals surface area contributed by atoms with Crippen LogP contribution in [-0.4, -0.2) is 28.1 Å². The first kappa shape index (κ1) is 15.6. The van der Waals surface area contributed by atoms with Gasteiger partial charge in [-0.2, -0.15) is 0 Å². The quantitative estimate of drug-likeness (QED) is 0.765. The minimum atomic E-state index is -0.870.